The summed E-state index contributed by atoms with van der Waals surface area (Å²) in [6, 6.07) is 0. The molecule has 3 rings (SSSR count). The minimum atomic E-state index is -0.690. The summed E-state index contributed by atoms with van der Waals surface area (Å²) in [7, 11) is 0. The highest BCUT2D eigenvalue weighted by Gasteiger charge is 2.58. The third-order valence-corrected chi connectivity index (χ3v) is 5.61. The summed E-state index contributed by atoms with van der Waals surface area (Å²) in [4.78, 5) is 0. The Kier molecular flexibility index (Phi) is 2.68. The van der Waals surface area contributed by atoms with Crippen LogP contribution in [0, 0.1) is 22.7 Å². The lowest BCUT2D eigenvalue weighted by atomic mass is 9.48. The molecule has 0 spiro atoms. The molecule has 0 bridgehead atoms. The highest BCUT2D eigenvalue weighted by atomic mass is 16.6. The van der Waals surface area contributed by atoms with Crippen molar-refractivity contribution >= 4 is 0 Å². The number of allylic oxidation sites excluding steroid dienone is 1. The molecule has 1 unspecified atom stereocenters. The Bertz CT molecular complexity index is 387. The molecule has 1 saturated carbocycles. The van der Waals surface area contributed by atoms with Crippen LogP contribution in [0.3, 0.4) is 0 Å². The molecule has 1 heterocycles. The number of aliphatic hydroxyl groups is 2. The number of ether oxygens (including phenoxy) is 1. The van der Waals surface area contributed by atoms with Gasteiger partial charge >= 0.3 is 0 Å². The van der Waals surface area contributed by atoms with E-state index in [9.17, 15) is 10.2 Å². The standard InChI is InChI=1S/C15H24O3/c1-14(2)6-10(16)7-15(3)11(14)5-4-9-8-18-13(17)12(9)15/h4,10-13,16-17H,5-8H2,1-3H3/t10-,11-,12?,13+,15-/m0/s1. The van der Waals surface area contributed by atoms with Gasteiger partial charge in [-0.15, -0.1) is 0 Å². The van der Waals surface area contributed by atoms with Gasteiger partial charge in [0.05, 0.1) is 12.7 Å². The minimum Gasteiger partial charge on any atom is -0.393 e. The quantitative estimate of drug-likeness (QED) is 0.649. The predicted octanol–water partition coefficient (Wildman–Crippen LogP) is 2.08. The average molecular weight is 252 g/mol. The van der Waals surface area contributed by atoms with Crippen molar-refractivity contribution in [1.82, 2.24) is 0 Å². The normalized spacial score (nSPS) is 50.4. The molecule has 5 atom stereocenters. The lowest BCUT2D eigenvalue weighted by molar-refractivity contribution is -0.156. The lowest BCUT2D eigenvalue weighted by Crippen LogP contribution is -2.53. The Morgan fingerprint density at radius 3 is 2.67 bits per heavy atom. The van der Waals surface area contributed by atoms with Crippen molar-refractivity contribution in [2.24, 2.45) is 22.7 Å². The van der Waals surface area contributed by atoms with Crippen LogP contribution in [0.2, 0.25) is 0 Å². The fraction of sp³-hybridized carbons (Fsp3) is 0.867. The van der Waals surface area contributed by atoms with Gasteiger partial charge in [-0.2, -0.15) is 0 Å². The summed E-state index contributed by atoms with van der Waals surface area (Å²) in [5.41, 5.74) is 1.32. The molecular weight excluding hydrogens is 228 g/mol. The SMILES string of the molecule is CC1(C)C[C@H](O)C[C@]2(C)C3C(=CC[C@@H]12)CO[C@H]3O. The molecule has 0 aromatic rings. The molecule has 3 nitrogen and oxygen atoms in total. The average Bonchev–Trinajstić information content (AvgIpc) is 2.58. The third kappa shape index (κ3) is 1.60. The maximum atomic E-state index is 10.2. The van der Waals surface area contributed by atoms with Gasteiger partial charge in [0.1, 0.15) is 0 Å². The van der Waals surface area contributed by atoms with E-state index < -0.39 is 6.29 Å². The van der Waals surface area contributed by atoms with Crippen LogP contribution in [0.25, 0.3) is 0 Å². The van der Waals surface area contributed by atoms with E-state index in [0.29, 0.717) is 12.5 Å². The molecule has 2 aliphatic carbocycles. The van der Waals surface area contributed by atoms with Gasteiger partial charge in [-0.05, 0) is 41.6 Å². The van der Waals surface area contributed by atoms with Crippen molar-refractivity contribution in [3.8, 4) is 0 Å². The van der Waals surface area contributed by atoms with E-state index in [4.69, 9.17) is 4.74 Å². The summed E-state index contributed by atoms with van der Waals surface area (Å²) < 4.78 is 5.42. The van der Waals surface area contributed by atoms with E-state index >= 15 is 0 Å². The van der Waals surface area contributed by atoms with Crippen molar-refractivity contribution in [3.63, 3.8) is 0 Å². The van der Waals surface area contributed by atoms with Gasteiger partial charge in [0, 0.05) is 5.92 Å². The first kappa shape index (κ1) is 12.6. The molecule has 3 aliphatic rings. The van der Waals surface area contributed by atoms with Gasteiger partial charge in [-0.1, -0.05) is 26.8 Å². The molecule has 3 heteroatoms. The molecule has 2 N–H and O–H groups in total. The highest BCUT2D eigenvalue weighted by molar-refractivity contribution is 5.24. The van der Waals surface area contributed by atoms with Gasteiger partial charge in [0.15, 0.2) is 6.29 Å². The molecule has 18 heavy (non-hydrogen) atoms. The Morgan fingerprint density at radius 2 is 1.94 bits per heavy atom. The van der Waals surface area contributed by atoms with Gasteiger partial charge < -0.3 is 14.9 Å². The molecular formula is C15H24O3. The predicted molar refractivity (Wildman–Crippen MR) is 68.8 cm³/mol. The van der Waals surface area contributed by atoms with Gasteiger partial charge in [0.25, 0.3) is 0 Å². The fourth-order valence-corrected chi connectivity index (χ4v) is 5.05. The maximum absolute atomic E-state index is 10.2. The van der Waals surface area contributed by atoms with E-state index in [-0.39, 0.29) is 22.9 Å². The zero-order valence-electron chi connectivity index (χ0n) is 11.5. The number of rotatable bonds is 0. The number of fused-ring (bicyclic) bond motifs is 3. The molecule has 0 aromatic carbocycles. The van der Waals surface area contributed by atoms with Gasteiger partial charge in [0.2, 0.25) is 0 Å². The van der Waals surface area contributed by atoms with Crippen molar-refractivity contribution in [2.75, 3.05) is 6.61 Å². The summed E-state index contributed by atoms with van der Waals surface area (Å²) >= 11 is 0. The number of hydrogen-bond donors (Lipinski definition) is 2. The Hall–Kier alpha value is -0.380. The Morgan fingerprint density at radius 1 is 1.22 bits per heavy atom. The third-order valence-electron chi connectivity index (χ3n) is 5.61. The van der Waals surface area contributed by atoms with Gasteiger partial charge in [-0.3, -0.25) is 0 Å². The van der Waals surface area contributed by atoms with Crippen LogP contribution in [-0.4, -0.2) is 29.2 Å². The van der Waals surface area contributed by atoms with Crippen LogP contribution in [0.4, 0.5) is 0 Å². The first-order valence-corrected chi connectivity index (χ1v) is 7.01. The smallest absolute Gasteiger partial charge is 0.162 e. The zero-order chi connectivity index (χ0) is 13.1. The molecule has 0 aromatic heterocycles. The van der Waals surface area contributed by atoms with Crippen LogP contribution in [0.5, 0.6) is 0 Å². The van der Waals surface area contributed by atoms with Crippen LogP contribution in [0.1, 0.15) is 40.0 Å². The summed E-state index contributed by atoms with van der Waals surface area (Å²) in [5, 5.41) is 20.4. The zero-order valence-corrected chi connectivity index (χ0v) is 11.5. The van der Waals surface area contributed by atoms with Crippen molar-refractivity contribution < 1.29 is 14.9 Å². The van der Waals surface area contributed by atoms with E-state index in [1.807, 2.05) is 0 Å². The molecule has 2 fully saturated rings. The summed E-state index contributed by atoms with van der Waals surface area (Å²) in [5.74, 6) is 0.587. The molecule has 0 radical (unpaired) electrons. The molecule has 1 aliphatic heterocycles. The fourth-order valence-electron chi connectivity index (χ4n) is 5.05. The minimum absolute atomic E-state index is 0.0405. The summed E-state index contributed by atoms with van der Waals surface area (Å²) in [6.07, 6.45) is 4.02. The monoisotopic (exact) mass is 252 g/mol. The van der Waals surface area contributed by atoms with Crippen LogP contribution in [-0.2, 0) is 4.74 Å². The van der Waals surface area contributed by atoms with Crippen molar-refractivity contribution in [2.45, 2.75) is 52.4 Å². The second-order valence-corrected chi connectivity index (χ2v) is 7.30. The first-order chi connectivity index (χ1) is 8.34. The van der Waals surface area contributed by atoms with Crippen LogP contribution >= 0.6 is 0 Å². The number of hydrogen-bond acceptors (Lipinski definition) is 3. The Labute approximate surface area is 109 Å². The maximum Gasteiger partial charge on any atom is 0.162 e. The molecule has 102 valence electrons. The second-order valence-electron chi connectivity index (χ2n) is 7.30. The highest BCUT2D eigenvalue weighted by Crippen LogP contribution is 2.61. The molecule has 1 saturated heterocycles. The second kappa shape index (κ2) is 3.81. The lowest BCUT2D eigenvalue weighted by Gasteiger charge is -2.57. The van der Waals surface area contributed by atoms with E-state index in [1.165, 1.54) is 5.57 Å². The Balaban J connectivity index is 2.04. The van der Waals surface area contributed by atoms with E-state index in [1.54, 1.807) is 0 Å². The van der Waals surface area contributed by atoms with Crippen LogP contribution < -0.4 is 0 Å². The van der Waals surface area contributed by atoms with E-state index in [0.717, 1.165) is 19.3 Å². The molecule has 0 amide bonds. The first-order valence-electron chi connectivity index (χ1n) is 7.01. The largest absolute Gasteiger partial charge is 0.393 e. The van der Waals surface area contributed by atoms with Crippen LogP contribution in [0.15, 0.2) is 11.6 Å². The topological polar surface area (TPSA) is 49.7 Å². The van der Waals surface area contributed by atoms with Crippen molar-refractivity contribution in [3.05, 3.63) is 11.6 Å². The van der Waals surface area contributed by atoms with Gasteiger partial charge in [-0.25, -0.2) is 0 Å². The van der Waals surface area contributed by atoms with Crippen molar-refractivity contribution in [1.29, 1.82) is 0 Å². The van der Waals surface area contributed by atoms with E-state index in [2.05, 4.69) is 26.8 Å². The summed E-state index contributed by atoms with van der Waals surface area (Å²) in [6.45, 7) is 7.29. The number of aliphatic hydroxyl groups excluding tert-OH is 2.